The van der Waals surface area contributed by atoms with Crippen LogP contribution in [0.3, 0.4) is 0 Å². The first-order valence-corrected chi connectivity index (χ1v) is 9.04. The molecule has 0 spiro atoms. The van der Waals surface area contributed by atoms with Gasteiger partial charge in [-0.05, 0) is 38.5 Å². The Bertz CT molecular complexity index is 707. The highest BCUT2D eigenvalue weighted by Gasteiger charge is 2.31. The number of aryl methyl sites for hydroxylation is 1. The van der Waals surface area contributed by atoms with Crippen molar-refractivity contribution in [2.75, 3.05) is 6.54 Å². The van der Waals surface area contributed by atoms with E-state index in [1.54, 1.807) is 11.3 Å². The lowest BCUT2D eigenvalue weighted by atomic mass is 9.88. The fourth-order valence-corrected chi connectivity index (χ4v) is 3.87. The van der Waals surface area contributed by atoms with Crippen molar-refractivity contribution in [2.24, 2.45) is 0 Å². The molecule has 1 aliphatic heterocycles. The van der Waals surface area contributed by atoms with Crippen molar-refractivity contribution in [2.45, 2.75) is 45.2 Å². The van der Waals surface area contributed by atoms with Gasteiger partial charge in [-0.3, -0.25) is 15.6 Å². The molecule has 0 saturated carbocycles. The number of amides is 1. The van der Waals surface area contributed by atoms with E-state index < -0.39 is 0 Å². The highest BCUT2D eigenvalue weighted by Crippen LogP contribution is 2.27. The van der Waals surface area contributed by atoms with Crippen LogP contribution in [0.5, 0.6) is 0 Å². The molecule has 2 heterocycles. The zero-order valence-electron chi connectivity index (χ0n) is 14.2. The topological polar surface area (TPSA) is 78.9 Å². The van der Waals surface area contributed by atoms with Gasteiger partial charge in [0.15, 0.2) is 0 Å². The van der Waals surface area contributed by atoms with Crippen LogP contribution in [-0.2, 0) is 6.42 Å². The van der Waals surface area contributed by atoms with Gasteiger partial charge in [-0.25, -0.2) is 0 Å². The number of aromatic nitrogens is 2. The Labute approximate surface area is 146 Å². The molecule has 1 amide bonds. The summed E-state index contributed by atoms with van der Waals surface area (Å²) in [6.07, 6.45) is 0.710. The molecule has 3 rings (SSSR count). The average Bonchev–Trinajstić information content (AvgIpc) is 3.13. The van der Waals surface area contributed by atoms with Crippen molar-refractivity contribution in [3.8, 4) is 0 Å². The summed E-state index contributed by atoms with van der Waals surface area (Å²) in [5.41, 5.74) is 8.40. The van der Waals surface area contributed by atoms with Gasteiger partial charge < -0.3 is 5.32 Å². The minimum absolute atomic E-state index is 0.0442. The molecule has 24 heavy (non-hydrogen) atoms. The average molecular weight is 345 g/mol. The summed E-state index contributed by atoms with van der Waals surface area (Å²) in [7, 11) is 0. The smallest absolute Gasteiger partial charge is 0.251 e. The molecule has 2 unspecified atom stereocenters. The van der Waals surface area contributed by atoms with Crippen molar-refractivity contribution in [1.82, 2.24) is 26.4 Å². The van der Waals surface area contributed by atoms with Crippen molar-refractivity contribution in [3.63, 3.8) is 0 Å². The zero-order chi connectivity index (χ0) is 17.1. The molecule has 2 aromatic rings. The van der Waals surface area contributed by atoms with Crippen molar-refractivity contribution < 1.29 is 4.79 Å². The second-order valence-electron chi connectivity index (χ2n) is 6.24. The number of hydrogen-bond donors (Lipinski definition) is 3. The van der Waals surface area contributed by atoms with Crippen molar-refractivity contribution >= 4 is 17.2 Å². The van der Waals surface area contributed by atoms with Gasteiger partial charge in [-0.2, -0.15) is 0 Å². The number of carbonyl (C=O) groups is 1. The summed E-state index contributed by atoms with van der Waals surface area (Å²) in [6.45, 7) is 6.80. The van der Waals surface area contributed by atoms with Crippen molar-refractivity contribution in [1.29, 1.82) is 0 Å². The quantitative estimate of drug-likeness (QED) is 0.770. The summed E-state index contributed by atoms with van der Waals surface area (Å²) in [6, 6.07) is 8.57. The molecule has 7 heteroatoms. The summed E-state index contributed by atoms with van der Waals surface area (Å²) in [5.74, 6) is 0.305. The molecular formula is C17H23N5OS. The lowest BCUT2D eigenvalue weighted by Crippen LogP contribution is -2.30. The first kappa shape index (κ1) is 17.0. The van der Waals surface area contributed by atoms with E-state index in [1.807, 2.05) is 25.1 Å². The molecule has 1 aliphatic rings. The highest BCUT2D eigenvalue weighted by molar-refractivity contribution is 7.11. The zero-order valence-corrected chi connectivity index (χ0v) is 15.0. The van der Waals surface area contributed by atoms with E-state index in [-0.39, 0.29) is 5.91 Å². The van der Waals surface area contributed by atoms with Gasteiger partial charge in [-0.15, -0.1) is 21.5 Å². The van der Waals surface area contributed by atoms with Gasteiger partial charge >= 0.3 is 0 Å². The fraction of sp³-hybridized carbons (Fsp3) is 0.471. The number of hydrazine groups is 1. The Hall–Kier alpha value is -1.83. The Balaban J connectivity index is 1.61. The molecule has 128 valence electrons. The molecule has 0 bridgehead atoms. The Morgan fingerprint density at radius 2 is 2.00 bits per heavy atom. The van der Waals surface area contributed by atoms with Gasteiger partial charge in [0.2, 0.25) is 0 Å². The monoisotopic (exact) mass is 345 g/mol. The van der Waals surface area contributed by atoms with Crippen LogP contribution in [0, 0.1) is 6.92 Å². The highest BCUT2D eigenvalue weighted by atomic mass is 32.1. The molecule has 3 N–H and O–H groups in total. The predicted octanol–water partition coefficient (Wildman–Crippen LogP) is 1.79. The molecule has 1 aromatic heterocycles. The molecule has 1 saturated heterocycles. The maximum Gasteiger partial charge on any atom is 0.251 e. The SMILES string of the molecule is Cc1nnc(CCNC(=O)c2cccc(C3C(C)NNC3C)c2)s1. The van der Waals surface area contributed by atoms with Crippen LogP contribution in [0.4, 0.5) is 0 Å². The van der Waals surface area contributed by atoms with Gasteiger partial charge in [0, 0.05) is 36.5 Å². The van der Waals surface area contributed by atoms with E-state index >= 15 is 0 Å². The van der Waals surface area contributed by atoms with Gasteiger partial charge in [0.25, 0.3) is 5.91 Å². The molecule has 6 nitrogen and oxygen atoms in total. The number of benzene rings is 1. The van der Waals surface area contributed by atoms with Gasteiger partial charge in [0.1, 0.15) is 10.0 Å². The molecule has 0 radical (unpaired) electrons. The van der Waals surface area contributed by atoms with Crippen LogP contribution in [-0.4, -0.2) is 34.7 Å². The lowest BCUT2D eigenvalue weighted by molar-refractivity contribution is 0.0954. The summed E-state index contributed by atoms with van der Waals surface area (Å²) < 4.78 is 0. The first-order chi connectivity index (χ1) is 11.5. The minimum Gasteiger partial charge on any atom is -0.352 e. The van der Waals surface area contributed by atoms with E-state index in [4.69, 9.17) is 0 Å². The third-order valence-corrected chi connectivity index (χ3v) is 5.24. The predicted molar refractivity (Wildman–Crippen MR) is 95.1 cm³/mol. The Morgan fingerprint density at radius 3 is 2.67 bits per heavy atom. The van der Waals surface area contributed by atoms with E-state index in [1.165, 1.54) is 5.56 Å². The normalized spacial score (nSPS) is 23.4. The number of hydrogen-bond acceptors (Lipinski definition) is 6. The Morgan fingerprint density at radius 1 is 1.25 bits per heavy atom. The second-order valence-corrected chi connectivity index (χ2v) is 7.50. The molecule has 0 aliphatic carbocycles. The maximum atomic E-state index is 12.4. The number of carbonyl (C=O) groups excluding carboxylic acids is 1. The second kappa shape index (κ2) is 7.38. The minimum atomic E-state index is -0.0442. The molecular weight excluding hydrogens is 322 g/mol. The number of nitrogens with zero attached hydrogens (tertiary/aromatic N) is 2. The fourth-order valence-electron chi connectivity index (χ4n) is 3.16. The van der Waals surface area contributed by atoms with E-state index in [2.05, 4.69) is 46.3 Å². The van der Waals surface area contributed by atoms with E-state index in [9.17, 15) is 4.79 Å². The summed E-state index contributed by atoms with van der Waals surface area (Å²) in [5, 5.41) is 12.9. The molecule has 1 aromatic carbocycles. The molecule has 2 atom stereocenters. The van der Waals surface area contributed by atoms with Crippen LogP contribution in [0.1, 0.15) is 45.7 Å². The van der Waals surface area contributed by atoms with E-state index in [0.29, 0.717) is 36.5 Å². The lowest BCUT2D eigenvalue weighted by Gasteiger charge is -2.19. The third-order valence-electron chi connectivity index (χ3n) is 4.34. The van der Waals surface area contributed by atoms with Crippen molar-refractivity contribution in [3.05, 3.63) is 45.4 Å². The van der Waals surface area contributed by atoms with Crippen LogP contribution in [0.15, 0.2) is 24.3 Å². The Kier molecular flexibility index (Phi) is 5.23. The maximum absolute atomic E-state index is 12.4. The van der Waals surface area contributed by atoms with Crippen LogP contribution in [0.25, 0.3) is 0 Å². The van der Waals surface area contributed by atoms with Gasteiger partial charge in [0.05, 0.1) is 0 Å². The van der Waals surface area contributed by atoms with E-state index in [0.717, 1.165) is 10.0 Å². The number of nitrogens with one attached hydrogen (secondary N) is 3. The van der Waals surface area contributed by atoms with Crippen LogP contribution < -0.4 is 16.2 Å². The van der Waals surface area contributed by atoms with Crippen LogP contribution in [0.2, 0.25) is 0 Å². The largest absolute Gasteiger partial charge is 0.352 e. The number of rotatable bonds is 5. The first-order valence-electron chi connectivity index (χ1n) is 8.23. The third kappa shape index (κ3) is 3.80. The van der Waals surface area contributed by atoms with Gasteiger partial charge in [-0.1, -0.05) is 12.1 Å². The summed E-state index contributed by atoms with van der Waals surface area (Å²) >= 11 is 1.57. The molecule has 1 fully saturated rings. The standard InChI is InChI=1S/C17H23N5OS/c1-10-16(11(2)20-19-10)13-5-4-6-14(9-13)17(23)18-8-7-15-22-21-12(3)24-15/h4-6,9-11,16,19-20H,7-8H2,1-3H3,(H,18,23). The summed E-state index contributed by atoms with van der Waals surface area (Å²) in [4.78, 5) is 12.4. The van der Waals surface area contributed by atoms with Crippen LogP contribution >= 0.6 is 11.3 Å².